The summed E-state index contributed by atoms with van der Waals surface area (Å²) in [7, 11) is 1.85. The molecule has 1 N–H and O–H groups in total. The molecule has 0 aliphatic carbocycles. The number of hydrogen-bond donors (Lipinski definition) is 1. The molecule has 23 heavy (non-hydrogen) atoms. The lowest BCUT2D eigenvalue weighted by molar-refractivity contribution is -0.00000485. The van der Waals surface area contributed by atoms with Crippen molar-refractivity contribution in [2.75, 3.05) is 30.3 Å². The standard InChI is InChI=1S/C15H24N6S.ClH/c1-4-21(5-2)14-8-6-13(7-9-14)12-16-10-11-22-15-17-18-19-20(15)3;/h6-9,16H,4-5,10-12H2,1-3H3;1H/p-1. The van der Waals surface area contributed by atoms with Gasteiger partial charge in [-0.3, -0.25) is 0 Å². The normalized spacial score (nSPS) is 10.4. The van der Waals surface area contributed by atoms with Gasteiger partial charge in [0, 0.05) is 44.7 Å². The van der Waals surface area contributed by atoms with E-state index in [2.05, 4.69) is 63.9 Å². The van der Waals surface area contributed by atoms with Crippen LogP contribution >= 0.6 is 11.8 Å². The SMILES string of the molecule is CCN(CC)c1ccc(CNCCSc2nnnn2C)cc1.[Cl-]. The van der Waals surface area contributed by atoms with Gasteiger partial charge in [0.05, 0.1) is 0 Å². The molecule has 0 fully saturated rings. The fourth-order valence-electron chi connectivity index (χ4n) is 2.20. The number of aromatic nitrogens is 4. The van der Waals surface area contributed by atoms with Gasteiger partial charge in [-0.2, -0.15) is 0 Å². The molecule has 0 bridgehead atoms. The molecule has 1 aromatic carbocycles. The summed E-state index contributed by atoms with van der Waals surface area (Å²) in [6.45, 7) is 8.27. The first kappa shape index (κ1) is 19.7. The molecule has 0 aliphatic rings. The van der Waals surface area contributed by atoms with Gasteiger partial charge in [0.25, 0.3) is 0 Å². The highest BCUT2D eigenvalue weighted by molar-refractivity contribution is 7.99. The van der Waals surface area contributed by atoms with E-state index in [4.69, 9.17) is 0 Å². The number of anilines is 1. The maximum Gasteiger partial charge on any atom is 0.209 e. The van der Waals surface area contributed by atoms with Gasteiger partial charge in [0.15, 0.2) is 0 Å². The average molecular weight is 356 g/mol. The lowest BCUT2D eigenvalue weighted by Gasteiger charge is -2.21. The van der Waals surface area contributed by atoms with Crippen LogP contribution in [0.4, 0.5) is 5.69 Å². The van der Waals surface area contributed by atoms with Gasteiger partial charge in [0.2, 0.25) is 5.16 Å². The van der Waals surface area contributed by atoms with Gasteiger partial charge in [0.1, 0.15) is 0 Å². The number of rotatable bonds is 9. The second-order valence-corrected chi connectivity index (χ2v) is 6.01. The van der Waals surface area contributed by atoms with E-state index < -0.39 is 0 Å². The highest BCUT2D eigenvalue weighted by atomic mass is 35.5. The van der Waals surface area contributed by atoms with Crippen molar-refractivity contribution in [2.24, 2.45) is 7.05 Å². The van der Waals surface area contributed by atoms with Crippen LogP contribution in [0.5, 0.6) is 0 Å². The predicted molar refractivity (Wildman–Crippen MR) is 91.2 cm³/mol. The Morgan fingerprint density at radius 1 is 1.17 bits per heavy atom. The topological polar surface area (TPSA) is 58.9 Å². The zero-order chi connectivity index (χ0) is 15.8. The molecule has 0 aliphatic heterocycles. The quantitative estimate of drug-likeness (QED) is 0.457. The van der Waals surface area contributed by atoms with Crippen LogP contribution in [0, 0.1) is 0 Å². The highest BCUT2D eigenvalue weighted by Crippen LogP contribution is 2.15. The van der Waals surface area contributed by atoms with Gasteiger partial charge < -0.3 is 22.6 Å². The molecule has 0 atom stereocenters. The van der Waals surface area contributed by atoms with Crippen molar-refractivity contribution in [1.82, 2.24) is 25.5 Å². The first-order valence-corrected chi connectivity index (χ1v) is 8.63. The first-order chi connectivity index (χ1) is 10.7. The molecule has 0 saturated heterocycles. The van der Waals surface area contributed by atoms with Crippen LogP contribution in [0.25, 0.3) is 0 Å². The van der Waals surface area contributed by atoms with Crippen molar-refractivity contribution in [3.8, 4) is 0 Å². The molecule has 0 radical (unpaired) electrons. The van der Waals surface area contributed by atoms with Crippen LogP contribution < -0.4 is 22.6 Å². The molecule has 8 heteroatoms. The Bertz CT molecular complexity index is 555. The van der Waals surface area contributed by atoms with E-state index in [1.807, 2.05) is 7.05 Å². The minimum Gasteiger partial charge on any atom is -1.00 e. The van der Waals surface area contributed by atoms with E-state index in [0.717, 1.165) is 37.1 Å². The van der Waals surface area contributed by atoms with Crippen LogP contribution in [0.15, 0.2) is 29.4 Å². The van der Waals surface area contributed by atoms with Gasteiger partial charge in [-0.1, -0.05) is 23.9 Å². The largest absolute Gasteiger partial charge is 1.00 e. The van der Waals surface area contributed by atoms with Crippen molar-refractivity contribution in [1.29, 1.82) is 0 Å². The van der Waals surface area contributed by atoms with Crippen molar-refractivity contribution in [2.45, 2.75) is 25.5 Å². The van der Waals surface area contributed by atoms with Gasteiger partial charge in [-0.15, -0.1) is 5.10 Å². The average Bonchev–Trinajstić information content (AvgIpc) is 2.95. The number of hydrogen-bond acceptors (Lipinski definition) is 6. The third-order valence-electron chi connectivity index (χ3n) is 3.49. The zero-order valence-corrected chi connectivity index (χ0v) is 15.4. The molecule has 2 rings (SSSR count). The molecule has 0 amide bonds. The van der Waals surface area contributed by atoms with E-state index >= 15 is 0 Å². The number of aryl methyl sites for hydroxylation is 1. The van der Waals surface area contributed by atoms with Crippen molar-refractivity contribution in [3.63, 3.8) is 0 Å². The van der Waals surface area contributed by atoms with Crippen LogP contribution in [0.3, 0.4) is 0 Å². The number of nitrogens with zero attached hydrogens (tertiary/aromatic N) is 5. The van der Waals surface area contributed by atoms with E-state index in [-0.39, 0.29) is 12.4 Å². The highest BCUT2D eigenvalue weighted by Gasteiger charge is 2.03. The lowest BCUT2D eigenvalue weighted by atomic mass is 10.2. The molecule has 128 valence electrons. The Labute approximate surface area is 148 Å². The molecule has 1 heterocycles. The Morgan fingerprint density at radius 2 is 1.87 bits per heavy atom. The maximum absolute atomic E-state index is 3.95. The van der Waals surface area contributed by atoms with E-state index in [1.165, 1.54) is 11.3 Å². The summed E-state index contributed by atoms with van der Waals surface area (Å²) < 4.78 is 1.69. The summed E-state index contributed by atoms with van der Waals surface area (Å²) >= 11 is 1.66. The summed E-state index contributed by atoms with van der Waals surface area (Å²) in [5.74, 6) is 0.950. The molecule has 6 nitrogen and oxygen atoms in total. The molecule has 1 aromatic heterocycles. The monoisotopic (exact) mass is 355 g/mol. The Morgan fingerprint density at radius 3 is 2.43 bits per heavy atom. The number of tetrazole rings is 1. The predicted octanol–water partition coefficient (Wildman–Crippen LogP) is -1.06. The van der Waals surface area contributed by atoms with Gasteiger partial charge >= 0.3 is 0 Å². The molecule has 0 spiro atoms. The molecule has 0 saturated carbocycles. The molecule has 2 aromatic rings. The smallest absolute Gasteiger partial charge is 0.209 e. The number of thioether (sulfide) groups is 1. The Hall–Kier alpha value is -1.31. The molecular weight excluding hydrogens is 332 g/mol. The van der Waals surface area contributed by atoms with Crippen LogP contribution in [-0.4, -0.2) is 45.6 Å². The number of halogens is 1. The first-order valence-electron chi connectivity index (χ1n) is 7.64. The zero-order valence-electron chi connectivity index (χ0n) is 13.9. The summed E-state index contributed by atoms with van der Waals surface area (Å²) in [6.07, 6.45) is 0. The summed E-state index contributed by atoms with van der Waals surface area (Å²) in [5, 5.41) is 15.7. The van der Waals surface area contributed by atoms with Crippen molar-refractivity contribution < 1.29 is 12.4 Å². The fraction of sp³-hybridized carbons (Fsp3) is 0.533. The fourth-order valence-corrected chi connectivity index (χ4v) is 2.95. The third-order valence-corrected chi connectivity index (χ3v) is 4.50. The van der Waals surface area contributed by atoms with Crippen molar-refractivity contribution in [3.05, 3.63) is 29.8 Å². The van der Waals surface area contributed by atoms with Crippen LogP contribution in [0.2, 0.25) is 0 Å². The number of nitrogens with one attached hydrogen (secondary N) is 1. The lowest BCUT2D eigenvalue weighted by Crippen LogP contribution is -3.00. The maximum atomic E-state index is 3.95. The van der Waals surface area contributed by atoms with Crippen molar-refractivity contribution >= 4 is 17.4 Å². The Balaban J connectivity index is 0.00000264. The van der Waals surface area contributed by atoms with Crippen LogP contribution in [-0.2, 0) is 13.6 Å². The number of benzene rings is 1. The second-order valence-electron chi connectivity index (χ2n) is 4.95. The van der Waals surface area contributed by atoms with Gasteiger partial charge in [-0.05, 0) is 42.0 Å². The van der Waals surface area contributed by atoms with Crippen LogP contribution in [0.1, 0.15) is 19.4 Å². The minimum atomic E-state index is 0. The van der Waals surface area contributed by atoms with E-state index in [0.29, 0.717) is 0 Å². The second kappa shape index (κ2) is 10.5. The third kappa shape index (κ3) is 6.01. The molecule has 0 unspecified atom stereocenters. The summed E-state index contributed by atoms with van der Waals surface area (Å²) in [6, 6.07) is 8.79. The Kier molecular flexibility index (Phi) is 8.98. The minimum absolute atomic E-state index is 0. The van der Waals surface area contributed by atoms with E-state index in [1.54, 1.807) is 16.4 Å². The summed E-state index contributed by atoms with van der Waals surface area (Å²) in [5.41, 5.74) is 2.60. The van der Waals surface area contributed by atoms with E-state index in [9.17, 15) is 0 Å². The molecular formula is C15H24ClN6S-. The van der Waals surface area contributed by atoms with Gasteiger partial charge in [-0.25, -0.2) is 4.68 Å². The summed E-state index contributed by atoms with van der Waals surface area (Å²) in [4.78, 5) is 2.35.